The number of aryl methyl sites for hydroxylation is 1. The molecule has 0 fully saturated rings. The Kier molecular flexibility index (Phi) is 7.69. The number of hydrogen-bond acceptors (Lipinski definition) is 1. The highest BCUT2D eigenvalue weighted by Gasteiger charge is 2.26. The second-order valence-corrected chi connectivity index (χ2v) is 10.1. The third-order valence-electron chi connectivity index (χ3n) is 7.68. The van der Waals surface area contributed by atoms with Gasteiger partial charge in [0.1, 0.15) is 0 Å². The molecule has 4 heteroatoms. The van der Waals surface area contributed by atoms with E-state index in [1.165, 1.54) is 16.1 Å². The first-order valence-corrected chi connectivity index (χ1v) is 13.4. The van der Waals surface area contributed by atoms with Crippen molar-refractivity contribution in [3.8, 4) is 0 Å². The molecule has 4 nitrogen and oxygen atoms in total. The molecule has 1 unspecified atom stereocenters. The topological polar surface area (TPSA) is 52.9 Å². The standard InChI is InChI=1S/C31H41N3O/c1-6-13-22(14-7-2)34-20-26(24-16-10-12-18-28(24)34)30(31(32)35)29(21(4)8-3)25-19-33(5)27-17-11-9-15-23(25)27/h10,12,15-22H,6-9,11,13-14H2,1-5H3,(H2,32,35)/b30-29+. The van der Waals surface area contributed by atoms with E-state index in [1.807, 2.05) is 0 Å². The molecule has 0 spiro atoms. The number of hydrogen-bond donors (Lipinski definition) is 1. The molecule has 1 atom stereocenters. The number of benzene rings is 1. The first-order valence-electron chi connectivity index (χ1n) is 13.4. The molecule has 2 heterocycles. The van der Waals surface area contributed by atoms with E-state index in [1.54, 1.807) is 0 Å². The Morgan fingerprint density at radius 3 is 2.34 bits per heavy atom. The Labute approximate surface area is 209 Å². The molecule has 0 aliphatic heterocycles. The number of carbonyl (C=O) groups is 1. The number of primary amides is 1. The van der Waals surface area contributed by atoms with Crippen LogP contribution in [0.15, 0.2) is 36.7 Å². The molecular weight excluding hydrogens is 430 g/mol. The third kappa shape index (κ3) is 4.63. The van der Waals surface area contributed by atoms with Gasteiger partial charge in [-0.05, 0) is 49.7 Å². The average Bonchev–Trinajstić information content (AvgIpc) is 3.40. The minimum Gasteiger partial charge on any atom is -0.366 e. The van der Waals surface area contributed by atoms with Gasteiger partial charge >= 0.3 is 0 Å². The van der Waals surface area contributed by atoms with Gasteiger partial charge in [0.15, 0.2) is 0 Å². The van der Waals surface area contributed by atoms with Crippen molar-refractivity contribution in [3.05, 3.63) is 58.4 Å². The molecule has 186 valence electrons. The molecule has 0 saturated carbocycles. The molecule has 0 saturated heterocycles. The van der Waals surface area contributed by atoms with Crippen molar-refractivity contribution >= 4 is 40.1 Å². The van der Waals surface area contributed by atoms with E-state index < -0.39 is 0 Å². The van der Waals surface area contributed by atoms with Gasteiger partial charge in [0.25, 0.3) is 0 Å². The summed E-state index contributed by atoms with van der Waals surface area (Å²) in [6.45, 7) is 8.91. The van der Waals surface area contributed by atoms with Crippen LogP contribution in [0.2, 0.25) is 0 Å². The summed E-state index contributed by atoms with van der Waals surface area (Å²) in [5.74, 6) is -0.147. The maximum atomic E-state index is 13.3. The van der Waals surface area contributed by atoms with Crippen molar-refractivity contribution < 1.29 is 4.79 Å². The van der Waals surface area contributed by atoms with Crippen molar-refractivity contribution in [2.24, 2.45) is 18.7 Å². The zero-order valence-electron chi connectivity index (χ0n) is 22.1. The summed E-state index contributed by atoms with van der Waals surface area (Å²) in [7, 11) is 2.10. The highest BCUT2D eigenvalue weighted by molar-refractivity contribution is 6.29. The zero-order valence-corrected chi connectivity index (χ0v) is 22.1. The predicted octanol–water partition coefficient (Wildman–Crippen LogP) is 5.92. The number of amides is 1. The Balaban J connectivity index is 2.08. The van der Waals surface area contributed by atoms with Gasteiger partial charge in [-0.1, -0.05) is 70.9 Å². The fraction of sp³-hybridized carbons (Fsp3) is 0.452. The lowest BCUT2D eigenvalue weighted by Gasteiger charge is -2.20. The van der Waals surface area contributed by atoms with Crippen LogP contribution < -0.4 is 16.3 Å². The molecule has 4 rings (SSSR count). The summed E-state index contributed by atoms with van der Waals surface area (Å²) in [4.78, 5) is 13.3. The van der Waals surface area contributed by atoms with Crippen LogP contribution >= 0.6 is 0 Å². The number of nitrogens with zero attached hydrogens (tertiary/aromatic N) is 2. The lowest BCUT2D eigenvalue weighted by atomic mass is 9.85. The number of aromatic nitrogens is 2. The van der Waals surface area contributed by atoms with Crippen molar-refractivity contribution in [1.29, 1.82) is 0 Å². The number of para-hydroxylation sites is 1. The molecule has 2 N–H and O–H groups in total. The van der Waals surface area contributed by atoms with Gasteiger partial charge in [-0.2, -0.15) is 0 Å². The second kappa shape index (κ2) is 10.7. The van der Waals surface area contributed by atoms with Crippen molar-refractivity contribution in [2.75, 3.05) is 0 Å². The fourth-order valence-corrected chi connectivity index (χ4v) is 5.85. The van der Waals surface area contributed by atoms with E-state index in [9.17, 15) is 4.79 Å². The Morgan fingerprint density at radius 2 is 1.69 bits per heavy atom. The normalized spacial score (nSPS) is 14.9. The second-order valence-electron chi connectivity index (χ2n) is 10.1. The van der Waals surface area contributed by atoms with E-state index in [-0.39, 0.29) is 11.8 Å². The largest absolute Gasteiger partial charge is 0.366 e. The molecule has 1 aliphatic carbocycles. The smallest absolute Gasteiger partial charge is 0.249 e. The average molecular weight is 472 g/mol. The minimum atomic E-state index is -0.344. The van der Waals surface area contributed by atoms with Crippen LogP contribution in [0.5, 0.6) is 0 Å². The number of allylic oxidation sites excluding steroid dienone is 1. The number of rotatable bonds is 10. The van der Waals surface area contributed by atoms with Crippen molar-refractivity contribution in [2.45, 2.75) is 78.7 Å². The van der Waals surface area contributed by atoms with Crippen LogP contribution in [-0.4, -0.2) is 15.0 Å². The van der Waals surface area contributed by atoms with Gasteiger partial charge in [0.05, 0.1) is 5.57 Å². The van der Waals surface area contributed by atoms with Gasteiger partial charge in [-0.3, -0.25) is 4.79 Å². The van der Waals surface area contributed by atoms with E-state index in [0.717, 1.165) is 67.0 Å². The van der Waals surface area contributed by atoms with E-state index >= 15 is 0 Å². The molecule has 35 heavy (non-hydrogen) atoms. The van der Waals surface area contributed by atoms with Crippen LogP contribution in [0, 0.1) is 5.92 Å². The van der Waals surface area contributed by atoms with Crippen LogP contribution in [0.4, 0.5) is 0 Å². The molecule has 1 amide bonds. The van der Waals surface area contributed by atoms with E-state index in [0.29, 0.717) is 11.6 Å². The molecule has 3 aromatic rings. The van der Waals surface area contributed by atoms with Gasteiger partial charge in [-0.25, -0.2) is 0 Å². The lowest BCUT2D eigenvalue weighted by molar-refractivity contribution is -0.112. The van der Waals surface area contributed by atoms with Crippen molar-refractivity contribution in [3.63, 3.8) is 0 Å². The van der Waals surface area contributed by atoms with Crippen LogP contribution in [-0.2, 0) is 11.8 Å². The molecule has 2 aromatic heterocycles. The number of carbonyl (C=O) groups excluding carboxylic acids is 1. The maximum Gasteiger partial charge on any atom is 0.249 e. The Morgan fingerprint density at radius 1 is 1.00 bits per heavy atom. The van der Waals surface area contributed by atoms with Gasteiger partial charge in [0, 0.05) is 58.1 Å². The van der Waals surface area contributed by atoms with Crippen LogP contribution in [0.25, 0.3) is 34.2 Å². The first-order chi connectivity index (χ1) is 16.9. The van der Waals surface area contributed by atoms with Gasteiger partial charge in [0.2, 0.25) is 5.91 Å². The third-order valence-corrected chi connectivity index (χ3v) is 7.68. The SMILES string of the molecule is CCCC(CCC)n1cc(/C(C(N)=O)=C(\c2cn(C)c3c2=CCCC=3)C(C)CC)c2ccccc21. The van der Waals surface area contributed by atoms with Crippen molar-refractivity contribution in [1.82, 2.24) is 9.13 Å². The monoisotopic (exact) mass is 471 g/mol. The van der Waals surface area contributed by atoms with E-state index in [4.69, 9.17) is 5.73 Å². The summed E-state index contributed by atoms with van der Waals surface area (Å²) < 4.78 is 4.61. The number of fused-ring (bicyclic) bond motifs is 2. The summed E-state index contributed by atoms with van der Waals surface area (Å²) >= 11 is 0. The molecule has 1 aromatic carbocycles. The predicted molar refractivity (Wildman–Crippen MR) is 149 cm³/mol. The lowest BCUT2D eigenvalue weighted by Crippen LogP contribution is -2.31. The summed E-state index contributed by atoms with van der Waals surface area (Å²) in [6.07, 6.45) is 16.6. The Hall–Kier alpha value is -3.01. The number of nitrogens with two attached hydrogens (primary N) is 1. The molecule has 1 aliphatic rings. The van der Waals surface area contributed by atoms with Crippen LogP contribution in [0.3, 0.4) is 0 Å². The first kappa shape index (κ1) is 25.1. The summed E-state index contributed by atoms with van der Waals surface area (Å²) in [5.41, 5.74) is 11.3. The fourth-order valence-electron chi connectivity index (χ4n) is 5.85. The highest BCUT2D eigenvalue weighted by Crippen LogP contribution is 2.38. The van der Waals surface area contributed by atoms with Gasteiger partial charge in [-0.15, -0.1) is 0 Å². The summed E-state index contributed by atoms with van der Waals surface area (Å²) in [6, 6.07) is 8.91. The quantitative estimate of drug-likeness (QED) is 0.367. The molecule has 0 bridgehead atoms. The maximum absolute atomic E-state index is 13.3. The van der Waals surface area contributed by atoms with E-state index in [2.05, 4.69) is 92.7 Å². The molecule has 0 radical (unpaired) electrons. The van der Waals surface area contributed by atoms with Crippen LogP contribution in [0.1, 0.15) is 89.8 Å². The Bertz CT molecular complexity index is 1360. The highest BCUT2D eigenvalue weighted by atomic mass is 16.1. The zero-order chi connectivity index (χ0) is 25.1. The van der Waals surface area contributed by atoms with Gasteiger partial charge < -0.3 is 14.9 Å². The summed E-state index contributed by atoms with van der Waals surface area (Å²) in [5, 5.41) is 3.59. The molecular formula is C31H41N3O. The minimum absolute atomic E-state index is 0.198.